The number of pyridine rings is 1. The van der Waals surface area contributed by atoms with Crippen molar-refractivity contribution < 1.29 is 4.74 Å². The summed E-state index contributed by atoms with van der Waals surface area (Å²) in [6.45, 7) is 5.98. The van der Waals surface area contributed by atoms with E-state index in [1.165, 1.54) is 4.88 Å². The first-order valence-corrected chi connectivity index (χ1v) is 7.91. The lowest BCUT2D eigenvalue weighted by Crippen LogP contribution is -2.38. The summed E-state index contributed by atoms with van der Waals surface area (Å²) in [6, 6.07) is 3.73. The second kappa shape index (κ2) is 8.33. The largest absolute Gasteiger partial charge is 0.490 e. The molecule has 0 amide bonds. The number of aryl methyl sites for hydroxylation is 2. The maximum Gasteiger partial charge on any atom is 0.191 e. The molecule has 0 radical (unpaired) electrons. The molecule has 2 aromatic heterocycles. The van der Waals surface area contributed by atoms with Crippen LogP contribution in [0.4, 0.5) is 0 Å². The van der Waals surface area contributed by atoms with E-state index in [1.807, 2.05) is 26.0 Å². The van der Waals surface area contributed by atoms with Gasteiger partial charge in [0.15, 0.2) is 5.96 Å². The van der Waals surface area contributed by atoms with Crippen molar-refractivity contribution in [2.45, 2.75) is 20.4 Å². The summed E-state index contributed by atoms with van der Waals surface area (Å²) in [6.07, 6.45) is 3.42. The average molecular weight is 319 g/mol. The third-order valence-electron chi connectivity index (χ3n) is 2.94. The molecule has 0 unspecified atom stereocenters. The van der Waals surface area contributed by atoms with E-state index in [2.05, 4.69) is 25.6 Å². The number of ether oxygens (including phenoxy) is 1. The number of nitrogens with one attached hydrogen (secondary N) is 2. The van der Waals surface area contributed by atoms with Crippen LogP contribution in [0.15, 0.2) is 29.5 Å². The van der Waals surface area contributed by atoms with Crippen molar-refractivity contribution in [1.29, 1.82) is 0 Å². The van der Waals surface area contributed by atoms with E-state index >= 15 is 0 Å². The Hall–Kier alpha value is -2.15. The number of hydrogen-bond donors (Lipinski definition) is 2. The Labute approximate surface area is 134 Å². The zero-order valence-corrected chi connectivity index (χ0v) is 13.9. The Kier molecular flexibility index (Phi) is 6.14. The lowest BCUT2D eigenvalue weighted by molar-refractivity contribution is 0.320. The Morgan fingerprint density at radius 3 is 2.86 bits per heavy atom. The molecule has 0 aliphatic carbocycles. The van der Waals surface area contributed by atoms with E-state index < -0.39 is 0 Å². The monoisotopic (exact) mass is 319 g/mol. The highest BCUT2D eigenvalue weighted by atomic mass is 32.1. The highest BCUT2D eigenvalue weighted by molar-refractivity contribution is 7.11. The third-order valence-corrected chi connectivity index (χ3v) is 4.01. The van der Waals surface area contributed by atoms with Crippen LogP contribution in [0.5, 0.6) is 5.75 Å². The summed E-state index contributed by atoms with van der Waals surface area (Å²) >= 11 is 1.70. The van der Waals surface area contributed by atoms with E-state index in [4.69, 9.17) is 4.74 Å². The zero-order valence-electron chi connectivity index (χ0n) is 13.1. The fraction of sp³-hybridized carbons (Fsp3) is 0.400. The molecular weight excluding hydrogens is 298 g/mol. The molecule has 0 aliphatic rings. The van der Waals surface area contributed by atoms with Gasteiger partial charge in [0.25, 0.3) is 0 Å². The Balaban J connectivity index is 1.70. The first-order chi connectivity index (χ1) is 10.7. The van der Waals surface area contributed by atoms with E-state index in [-0.39, 0.29) is 0 Å². The van der Waals surface area contributed by atoms with Gasteiger partial charge < -0.3 is 15.4 Å². The molecule has 0 saturated carbocycles. The summed E-state index contributed by atoms with van der Waals surface area (Å²) in [5.74, 6) is 1.52. The molecule has 6 nitrogen and oxygen atoms in total. The van der Waals surface area contributed by atoms with Crippen LogP contribution in [0.25, 0.3) is 0 Å². The van der Waals surface area contributed by atoms with Gasteiger partial charge in [-0.25, -0.2) is 4.98 Å². The minimum atomic E-state index is 0.547. The molecule has 0 atom stereocenters. The normalized spacial score (nSPS) is 11.3. The quantitative estimate of drug-likeness (QED) is 0.483. The summed E-state index contributed by atoms with van der Waals surface area (Å²) in [5.41, 5.74) is 1.07. The molecule has 0 saturated heterocycles. The van der Waals surface area contributed by atoms with Gasteiger partial charge in [-0.05, 0) is 26.0 Å². The van der Waals surface area contributed by atoms with E-state index in [1.54, 1.807) is 30.8 Å². The molecule has 7 heteroatoms. The van der Waals surface area contributed by atoms with Crippen molar-refractivity contribution >= 4 is 17.3 Å². The van der Waals surface area contributed by atoms with Crippen molar-refractivity contribution in [3.05, 3.63) is 40.1 Å². The average Bonchev–Trinajstić information content (AvgIpc) is 2.85. The predicted octanol–water partition coefficient (Wildman–Crippen LogP) is 1.90. The van der Waals surface area contributed by atoms with Gasteiger partial charge in [0.2, 0.25) is 0 Å². The Morgan fingerprint density at radius 2 is 2.23 bits per heavy atom. The van der Waals surface area contributed by atoms with E-state index in [0.29, 0.717) is 13.2 Å². The maximum absolute atomic E-state index is 5.57. The highest BCUT2D eigenvalue weighted by Crippen LogP contribution is 2.16. The Morgan fingerprint density at radius 1 is 1.36 bits per heavy atom. The molecule has 0 spiro atoms. The molecule has 2 rings (SSSR count). The van der Waals surface area contributed by atoms with Gasteiger partial charge in [0, 0.05) is 18.1 Å². The molecule has 0 bridgehead atoms. The number of aromatic nitrogens is 2. The standard InChI is InChI=1S/C15H21N5OS/c1-11-14(22-12(2)20-11)10-19-15(16-3)18-7-8-21-13-5-4-6-17-9-13/h4-6,9H,7-8,10H2,1-3H3,(H2,16,18,19). The molecule has 22 heavy (non-hydrogen) atoms. The number of hydrogen-bond acceptors (Lipinski definition) is 5. The molecule has 2 aromatic rings. The molecule has 0 aromatic carbocycles. The minimum absolute atomic E-state index is 0.547. The fourth-order valence-electron chi connectivity index (χ4n) is 1.89. The first kappa shape index (κ1) is 16.2. The second-order valence-electron chi connectivity index (χ2n) is 4.63. The summed E-state index contributed by atoms with van der Waals surface area (Å²) in [5, 5.41) is 7.58. The van der Waals surface area contributed by atoms with Gasteiger partial charge in [-0.2, -0.15) is 0 Å². The predicted molar refractivity (Wildman–Crippen MR) is 89.5 cm³/mol. The van der Waals surface area contributed by atoms with Crippen LogP contribution in [0.2, 0.25) is 0 Å². The van der Waals surface area contributed by atoms with Crippen LogP contribution in [0, 0.1) is 13.8 Å². The van der Waals surface area contributed by atoms with Gasteiger partial charge in [-0.15, -0.1) is 11.3 Å². The number of thiazole rings is 1. The van der Waals surface area contributed by atoms with Crippen molar-refractivity contribution in [2.24, 2.45) is 4.99 Å². The van der Waals surface area contributed by atoms with Crippen molar-refractivity contribution in [3.63, 3.8) is 0 Å². The third kappa shape index (κ3) is 5.00. The number of rotatable bonds is 6. The van der Waals surface area contributed by atoms with E-state index in [9.17, 15) is 0 Å². The van der Waals surface area contributed by atoms with Crippen LogP contribution in [-0.4, -0.2) is 36.1 Å². The SMILES string of the molecule is CN=C(NCCOc1cccnc1)NCc1sc(C)nc1C. The molecule has 118 valence electrons. The van der Waals surface area contributed by atoms with Gasteiger partial charge >= 0.3 is 0 Å². The highest BCUT2D eigenvalue weighted by Gasteiger charge is 2.05. The van der Waals surface area contributed by atoms with Crippen molar-refractivity contribution in [3.8, 4) is 5.75 Å². The van der Waals surface area contributed by atoms with Crippen molar-refractivity contribution in [2.75, 3.05) is 20.2 Å². The Bertz CT molecular complexity index is 612. The topological polar surface area (TPSA) is 71.4 Å². The number of nitrogens with zero attached hydrogens (tertiary/aromatic N) is 3. The van der Waals surface area contributed by atoms with Gasteiger partial charge in [-0.1, -0.05) is 0 Å². The van der Waals surface area contributed by atoms with E-state index in [0.717, 1.165) is 29.0 Å². The van der Waals surface area contributed by atoms with Crippen LogP contribution < -0.4 is 15.4 Å². The van der Waals surface area contributed by atoms with Crippen LogP contribution in [0.1, 0.15) is 15.6 Å². The summed E-state index contributed by atoms with van der Waals surface area (Å²) in [4.78, 5) is 13.8. The van der Waals surface area contributed by atoms with Gasteiger partial charge in [0.1, 0.15) is 12.4 Å². The minimum Gasteiger partial charge on any atom is -0.490 e. The molecule has 2 heterocycles. The van der Waals surface area contributed by atoms with Crippen LogP contribution >= 0.6 is 11.3 Å². The first-order valence-electron chi connectivity index (χ1n) is 7.09. The lowest BCUT2D eigenvalue weighted by Gasteiger charge is -2.12. The fourth-order valence-corrected chi connectivity index (χ4v) is 2.77. The molecule has 0 aliphatic heterocycles. The lowest BCUT2D eigenvalue weighted by atomic mass is 10.4. The molecule has 2 N–H and O–H groups in total. The summed E-state index contributed by atoms with van der Waals surface area (Å²) < 4.78 is 5.57. The second-order valence-corrected chi connectivity index (χ2v) is 5.92. The number of aliphatic imine (C=N–C) groups is 1. The van der Waals surface area contributed by atoms with Gasteiger partial charge in [0.05, 0.1) is 30.0 Å². The molecule has 0 fully saturated rings. The maximum atomic E-state index is 5.57. The van der Waals surface area contributed by atoms with Crippen LogP contribution in [0.3, 0.4) is 0 Å². The van der Waals surface area contributed by atoms with Gasteiger partial charge in [-0.3, -0.25) is 9.98 Å². The smallest absolute Gasteiger partial charge is 0.191 e. The summed E-state index contributed by atoms with van der Waals surface area (Å²) in [7, 11) is 1.75. The van der Waals surface area contributed by atoms with Crippen LogP contribution in [-0.2, 0) is 6.54 Å². The number of guanidine groups is 1. The zero-order chi connectivity index (χ0) is 15.8. The molecular formula is C15H21N5OS. The van der Waals surface area contributed by atoms with Crippen molar-refractivity contribution in [1.82, 2.24) is 20.6 Å².